The van der Waals surface area contributed by atoms with E-state index < -0.39 is 42.0 Å². The maximum Gasteiger partial charge on any atom is 0.243 e. The molecule has 4 bridgehead atoms. The summed E-state index contributed by atoms with van der Waals surface area (Å²) in [7, 11) is 0. The van der Waals surface area contributed by atoms with E-state index in [1.807, 2.05) is 6.92 Å². The van der Waals surface area contributed by atoms with Crippen molar-refractivity contribution < 1.29 is 29.7 Å². The second-order valence-electron chi connectivity index (χ2n) is 11.6. The molecule has 4 rings (SSSR count). The van der Waals surface area contributed by atoms with Crippen LogP contribution in [-0.4, -0.2) is 69.9 Å². The normalized spacial score (nSPS) is 23.5. The molecule has 1 heterocycles. The Morgan fingerprint density at radius 3 is 2.14 bits per heavy atom. The molecule has 11 heteroatoms. The summed E-state index contributed by atoms with van der Waals surface area (Å²) in [6.45, 7) is 1.82. The average Bonchev–Trinajstić information content (AvgIpc) is 2.98. The molecule has 1 saturated carbocycles. The Labute approximate surface area is 246 Å². The van der Waals surface area contributed by atoms with Crippen molar-refractivity contribution in [1.82, 2.24) is 16.0 Å². The summed E-state index contributed by atoms with van der Waals surface area (Å²) in [6, 6.07) is 6.34. The van der Waals surface area contributed by atoms with E-state index in [-0.39, 0.29) is 43.3 Å². The summed E-state index contributed by atoms with van der Waals surface area (Å²) in [6.07, 6.45) is 4.08. The molecule has 0 radical (unpaired) electrons. The molecule has 0 saturated heterocycles. The number of carbonyl (C=O) groups is 3. The minimum atomic E-state index is -1.24. The number of benzene rings is 2. The lowest BCUT2D eigenvalue weighted by Crippen LogP contribution is -2.58. The van der Waals surface area contributed by atoms with Gasteiger partial charge in [-0.3, -0.25) is 14.4 Å². The number of hydrogen-bond acceptors (Lipinski definition) is 8. The number of aliphatic hydroxyl groups excluding tert-OH is 1. The number of phenols is 2. The van der Waals surface area contributed by atoms with E-state index in [1.165, 1.54) is 18.6 Å². The third kappa shape index (κ3) is 7.78. The van der Waals surface area contributed by atoms with Crippen molar-refractivity contribution in [2.24, 2.45) is 17.4 Å². The molecular formula is C31H43N5O6. The van der Waals surface area contributed by atoms with Crippen molar-refractivity contribution in [3.8, 4) is 22.6 Å². The molecule has 0 aromatic heterocycles. The fourth-order valence-electron chi connectivity index (χ4n) is 5.84. The van der Waals surface area contributed by atoms with Gasteiger partial charge in [-0.15, -0.1) is 0 Å². The molecule has 1 unspecified atom stereocenters. The van der Waals surface area contributed by atoms with Crippen LogP contribution in [0.2, 0.25) is 0 Å². The molecule has 42 heavy (non-hydrogen) atoms. The minimum Gasteiger partial charge on any atom is -0.508 e. The van der Waals surface area contributed by atoms with Crippen molar-refractivity contribution in [3.63, 3.8) is 0 Å². The SMILES string of the molecule is CC(NC(=O)[C@@H]1Cc2cc(ccc2O)-c2ccc(O)c(c2)C[C@H](N)C(=O)N[C@@H](C[C@@H](O)CN)C(=O)N1)C1CCCCC1. The number of amides is 3. The summed E-state index contributed by atoms with van der Waals surface area (Å²) in [5.74, 6) is -1.52. The first-order valence-electron chi connectivity index (χ1n) is 14.7. The van der Waals surface area contributed by atoms with Gasteiger partial charge in [-0.1, -0.05) is 31.4 Å². The van der Waals surface area contributed by atoms with Crippen LogP contribution in [0.4, 0.5) is 0 Å². The monoisotopic (exact) mass is 581 g/mol. The molecule has 1 aliphatic carbocycles. The van der Waals surface area contributed by atoms with Crippen LogP contribution in [0.25, 0.3) is 11.1 Å². The highest BCUT2D eigenvalue weighted by Crippen LogP contribution is 2.31. The van der Waals surface area contributed by atoms with Crippen molar-refractivity contribution in [1.29, 1.82) is 0 Å². The number of aliphatic hydroxyl groups is 1. The van der Waals surface area contributed by atoms with E-state index in [4.69, 9.17) is 11.5 Å². The number of carbonyl (C=O) groups excluding carboxylic acids is 3. The topological polar surface area (TPSA) is 200 Å². The van der Waals surface area contributed by atoms with E-state index in [1.54, 1.807) is 24.3 Å². The third-order valence-corrected chi connectivity index (χ3v) is 8.47. The maximum atomic E-state index is 13.7. The molecule has 0 spiro atoms. The molecule has 2 aromatic carbocycles. The van der Waals surface area contributed by atoms with Gasteiger partial charge in [0, 0.05) is 31.8 Å². The van der Waals surface area contributed by atoms with E-state index in [0.717, 1.165) is 25.7 Å². The number of aromatic hydroxyl groups is 2. The van der Waals surface area contributed by atoms with Crippen LogP contribution >= 0.6 is 0 Å². The van der Waals surface area contributed by atoms with Gasteiger partial charge in [0.25, 0.3) is 0 Å². The first-order valence-corrected chi connectivity index (χ1v) is 14.7. The van der Waals surface area contributed by atoms with Gasteiger partial charge in [0.15, 0.2) is 0 Å². The van der Waals surface area contributed by atoms with Crippen LogP contribution in [0.15, 0.2) is 36.4 Å². The Bertz CT molecular complexity index is 1280. The highest BCUT2D eigenvalue weighted by Gasteiger charge is 2.32. The Morgan fingerprint density at radius 1 is 0.952 bits per heavy atom. The summed E-state index contributed by atoms with van der Waals surface area (Å²) in [5.41, 5.74) is 14.1. The highest BCUT2D eigenvalue weighted by molar-refractivity contribution is 5.93. The molecule has 228 valence electrons. The summed E-state index contributed by atoms with van der Waals surface area (Å²) < 4.78 is 0. The largest absolute Gasteiger partial charge is 0.508 e. The van der Waals surface area contributed by atoms with Crippen LogP contribution in [-0.2, 0) is 27.2 Å². The molecule has 1 aliphatic heterocycles. The minimum absolute atomic E-state index is 0.0195. The second kappa shape index (κ2) is 14.0. The van der Waals surface area contributed by atoms with Crippen LogP contribution in [0.3, 0.4) is 0 Å². The van der Waals surface area contributed by atoms with Crippen molar-refractivity contribution in [2.75, 3.05) is 6.54 Å². The van der Waals surface area contributed by atoms with Gasteiger partial charge in [0.2, 0.25) is 17.7 Å². The molecule has 2 aliphatic rings. The standard InChI is InChI=1S/C31H43N5O6/c1-17(18-5-3-2-4-6-18)34-30(41)25-14-22-12-20(8-10-28(22)39)19-7-9-27(38)21(11-19)13-24(33)29(40)35-26(31(42)36-25)15-23(37)16-32/h7-12,17-18,23-26,37-39H,2-6,13-16,32-33H2,1H3,(H,34,41)(H,35,40)(H,36,42)/t17?,23-,24+,25+,26+/m1/s1. The summed E-state index contributed by atoms with van der Waals surface area (Å²) in [4.78, 5) is 40.3. The van der Waals surface area contributed by atoms with Gasteiger partial charge in [-0.25, -0.2) is 0 Å². The molecule has 2 aromatic rings. The third-order valence-electron chi connectivity index (χ3n) is 8.47. The lowest BCUT2D eigenvalue weighted by molar-refractivity contribution is -0.133. The molecular weight excluding hydrogens is 538 g/mol. The van der Waals surface area contributed by atoms with Crippen LogP contribution in [0.5, 0.6) is 11.5 Å². The molecule has 5 atom stereocenters. The Morgan fingerprint density at radius 2 is 1.55 bits per heavy atom. The number of nitrogens with one attached hydrogen (secondary N) is 3. The number of hydrogen-bond donors (Lipinski definition) is 8. The highest BCUT2D eigenvalue weighted by atomic mass is 16.3. The molecule has 1 fully saturated rings. The van der Waals surface area contributed by atoms with Gasteiger partial charge in [0.05, 0.1) is 12.1 Å². The van der Waals surface area contributed by atoms with Gasteiger partial charge in [-0.05, 0) is 72.2 Å². The summed E-state index contributed by atoms with van der Waals surface area (Å²) >= 11 is 0. The smallest absolute Gasteiger partial charge is 0.243 e. The average molecular weight is 582 g/mol. The molecule has 10 N–H and O–H groups in total. The Kier molecular flexibility index (Phi) is 10.4. The summed E-state index contributed by atoms with van der Waals surface area (Å²) in [5, 5.41) is 39.9. The number of nitrogens with two attached hydrogens (primary N) is 2. The number of fused-ring (bicyclic) bond motifs is 5. The van der Waals surface area contributed by atoms with Gasteiger partial charge >= 0.3 is 0 Å². The van der Waals surface area contributed by atoms with Gasteiger partial charge < -0.3 is 42.7 Å². The molecule has 3 amide bonds. The Hall–Kier alpha value is -3.67. The van der Waals surface area contributed by atoms with E-state index in [0.29, 0.717) is 28.2 Å². The first-order chi connectivity index (χ1) is 20.0. The first kappa shape index (κ1) is 31.3. The maximum absolute atomic E-state index is 13.7. The quantitative estimate of drug-likeness (QED) is 0.246. The lowest BCUT2D eigenvalue weighted by atomic mass is 9.84. The van der Waals surface area contributed by atoms with Crippen molar-refractivity contribution in [3.05, 3.63) is 47.5 Å². The van der Waals surface area contributed by atoms with E-state index in [9.17, 15) is 29.7 Å². The Balaban J connectivity index is 1.72. The van der Waals surface area contributed by atoms with Crippen LogP contribution in [0.1, 0.15) is 56.6 Å². The number of phenolic OH excluding ortho intramolecular Hbond substituents is 2. The zero-order chi connectivity index (χ0) is 30.4. The zero-order valence-corrected chi connectivity index (χ0v) is 24.0. The fourth-order valence-corrected chi connectivity index (χ4v) is 5.84. The van der Waals surface area contributed by atoms with Crippen LogP contribution in [0, 0.1) is 5.92 Å². The van der Waals surface area contributed by atoms with Gasteiger partial charge in [-0.2, -0.15) is 0 Å². The molecule has 11 nitrogen and oxygen atoms in total. The number of rotatable bonds is 6. The second-order valence-corrected chi connectivity index (χ2v) is 11.6. The predicted octanol–water partition coefficient (Wildman–Crippen LogP) is 0.955. The van der Waals surface area contributed by atoms with E-state index >= 15 is 0 Å². The zero-order valence-electron chi connectivity index (χ0n) is 24.0. The fraction of sp³-hybridized carbons (Fsp3) is 0.516. The van der Waals surface area contributed by atoms with Crippen molar-refractivity contribution >= 4 is 17.7 Å². The van der Waals surface area contributed by atoms with Gasteiger partial charge in [0.1, 0.15) is 23.6 Å². The lowest BCUT2D eigenvalue weighted by Gasteiger charge is -2.30. The van der Waals surface area contributed by atoms with E-state index in [2.05, 4.69) is 16.0 Å². The van der Waals surface area contributed by atoms with Crippen LogP contribution < -0.4 is 27.4 Å². The van der Waals surface area contributed by atoms with Crippen molar-refractivity contribution in [2.45, 2.75) is 88.6 Å². The predicted molar refractivity (Wildman–Crippen MR) is 158 cm³/mol.